The maximum atomic E-state index is 5.64. The van der Waals surface area contributed by atoms with Crippen molar-refractivity contribution in [2.45, 2.75) is 12.8 Å². The van der Waals surface area contributed by atoms with Crippen molar-refractivity contribution in [1.29, 1.82) is 0 Å². The Labute approximate surface area is 113 Å². The van der Waals surface area contributed by atoms with Gasteiger partial charge in [0.2, 0.25) is 5.89 Å². The van der Waals surface area contributed by atoms with Gasteiger partial charge in [-0.2, -0.15) is 0 Å². The second kappa shape index (κ2) is 5.08. The summed E-state index contributed by atoms with van der Waals surface area (Å²) >= 11 is 7.31. The van der Waals surface area contributed by atoms with E-state index in [1.165, 1.54) is 10.1 Å². The summed E-state index contributed by atoms with van der Waals surface area (Å²) < 4.78 is 6.86. The van der Waals surface area contributed by atoms with Crippen LogP contribution in [0.1, 0.15) is 12.3 Å². The fourth-order valence-electron chi connectivity index (χ4n) is 1.76. The molecule has 0 radical (unpaired) electrons. The molecule has 92 valence electrons. The Bertz CT molecular complexity index is 629. The fraction of sp³-hybridized carbons (Fsp3) is 0.231. The zero-order valence-corrected chi connectivity index (χ0v) is 11.2. The van der Waals surface area contributed by atoms with Crippen LogP contribution in [0.2, 0.25) is 0 Å². The first-order chi connectivity index (χ1) is 8.86. The molecule has 0 saturated heterocycles. The van der Waals surface area contributed by atoms with Crippen molar-refractivity contribution >= 4 is 33.0 Å². The summed E-state index contributed by atoms with van der Waals surface area (Å²) in [7, 11) is 0. The molecule has 0 fully saturated rings. The molecular formula is C13H11ClN2OS. The first-order valence-electron chi connectivity index (χ1n) is 5.74. The lowest BCUT2D eigenvalue weighted by molar-refractivity contribution is 0.503. The lowest BCUT2D eigenvalue weighted by Crippen LogP contribution is -1.85. The minimum Gasteiger partial charge on any atom is -0.420 e. The molecule has 18 heavy (non-hydrogen) atoms. The topological polar surface area (TPSA) is 38.9 Å². The number of halogens is 1. The molecule has 2 heterocycles. The fourth-order valence-corrected chi connectivity index (χ4v) is 2.88. The van der Waals surface area contributed by atoms with Gasteiger partial charge < -0.3 is 4.42 Å². The Balaban J connectivity index is 1.91. The van der Waals surface area contributed by atoms with Gasteiger partial charge in [-0.3, -0.25) is 0 Å². The molecule has 2 aromatic heterocycles. The van der Waals surface area contributed by atoms with Crippen LogP contribution in [0.3, 0.4) is 0 Å². The van der Waals surface area contributed by atoms with Gasteiger partial charge in [-0.05, 0) is 23.9 Å². The molecule has 0 spiro atoms. The molecule has 0 aliphatic rings. The highest BCUT2D eigenvalue weighted by atomic mass is 35.5. The van der Waals surface area contributed by atoms with Gasteiger partial charge in [-0.15, -0.1) is 33.1 Å². The highest BCUT2D eigenvalue weighted by molar-refractivity contribution is 7.22. The average molecular weight is 279 g/mol. The Morgan fingerprint density at radius 3 is 2.94 bits per heavy atom. The summed E-state index contributed by atoms with van der Waals surface area (Å²) in [5, 5.41) is 9.32. The number of nitrogens with zero attached hydrogens (tertiary/aromatic N) is 2. The van der Waals surface area contributed by atoms with Crippen LogP contribution in [-0.2, 0) is 6.42 Å². The number of aromatic nitrogens is 2. The molecule has 1 aromatic carbocycles. The van der Waals surface area contributed by atoms with Crippen LogP contribution in [0.5, 0.6) is 0 Å². The predicted octanol–water partition coefficient (Wildman–Crippen LogP) is 4.12. The lowest BCUT2D eigenvalue weighted by Gasteiger charge is -1.89. The monoisotopic (exact) mass is 278 g/mol. The van der Waals surface area contributed by atoms with Crippen molar-refractivity contribution < 1.29 is 4.42 Å². The smallest absolute Gasteiger partial charge is 0.257 e. The quantitative estimate of drug-likeness (QED) is 0.674. The number of thiophene rings is 1. The second-order valence-electron chi connectivity index (χ2n) is 3.94. The second-order valence-corrected chi connectivity index (χ2v) is 5.40. The normalized spacial score (nSPS) is 11.2. The summed E-state index contributed by atoms with van der Waals surface area (Å²) in [5.41, 5.74) is 0. The van der Waals surface area contributed by atoms with Gasteiger partial charge in [0.05, 0.1) is 4.88 Å². The van der Waals surface area contributed by atoms with Gasteiger partial charge in [0.1, 0.15) is 0 Å². The van der Waals surface area contributed by atoms with Crippen molar-refractivity contribution in [2.75, 3.05) is 5.88 Å². The number of fused-ring (bicyclic) bond motifs is 1. The van der Waals surface area contributed by atoms with Gasteiger partial charge in [0.25, 0.3) is 5.89 Å². The van der Waals surface area contributed by atoms with E-state index in [1.807, 2.05) is 12.1 Å². The summed E-state index contributed by atoms with van der Waals surface area (Å²) in [6.07, 6.45) is 1.59. The number of benzene rings is 1. The minimum atomic E-state index is 0.598. The van der Waals surface area contributed by atoms with Crippen molar-refractivity contribution in [3.8, 4) is 10.8 Å². The molecule has 3 nitrogen and oxygen atoms in total. The van der Waals surface area contributed by atoms with Crippen LogP contribution in [0.4, 0.5) is 0 Å². The van der Waals surface area contributed by atoms with E-state index in [2.05, 4.69) is 28.4 Å². The largest absolute Gasteiger partial charge is 0.420 e. The van der Waals surface area contributed by atoms with E-state index in [1.54, 1.807) is 11.3 Å². The maximum absolute atomic E-state index is 5.64. The summed E-state index contributed by atoms with van der Waals surface area (Å²) in [6, 6.07) is 10.3. The third-order valence-electron chi connectivity index (χ3n) is 2.63. The van der Waals surface area contributed by atoms with Gasteiger partial charge in [-0.1, -0.05) is 18.2 Å². The first-order valence-corrected chi connectivity index (χ1v) is 7.09. The highest BCUT2D eigenvalue weighted by Crippen LogP contribution is 2.32. The van der Waals surface area contributed by atoms with E-state index >= 15 is 0 Å². The summed E-state index contributed by atoms with van der Waals surface area (Å²) in [6.45, 7) is 0. The molecular weight excluding hydrogens is 268 g/mol. The van der Waals surface area contributed by atoms with E-state index in [0.717, 1.165) is 17.7 Å². The number of hydrogen-bond donors (Lipinski definition) is 0. The summed E-state index contributed by atoms with van der Waals surface area (Å²) in [5.74, 6) is 1.87. The van der Waals surface area contributed by atoms with Crippen LogP contribution in [0.25, 0.3) is 20.9 Å². The Kier molecular flexibility index (Phi) is 3.30. The highest BCUT2D eigenvalue weighted by Gasteiger charge is 2.11. The van der Waals surface area contributed by atoms with Crippen LogP contribution >= 0.6 is 22.9 Å². The first kappa shape index (κ1) is 11.7. The number of hydrogen-bond acceptors (Lipinski definition) is 4. The molecule has 0 atom stereocenters. The van der Waals surface area contributed by atoms with Gasteiger partial charge >= 0.3 is 0 Å². The molecule has 3 aromatic rings. The number of aryl methyl sites for hydroxylation is 1. The number of rotatable bonds is 4. The van der Waals surface area contributed by atoms with Crippen molar-refractivity contribution in [1.82, 2.24) is 10.2 Å². The van der Waals surface area contributed by atoms with Crippen LogP contribution < -0.4 is 0 Å². The minimum absolute atomic E-state index is 0.598. The predicted molar refractivity (Wildman–Crippen MR) is 74.2 cm³/mol. The van der Waals surface area contributed by atoms with E-state index in [-0.39, 0.29) is 0 Å². The Hall–Kier alpha value is -1.39. The van der Waals surface area contributed by atoms with Crippen LogP contribution in [-0.4, -0.2) is 16.1 Å². The molecule has 0 amide bonds. The van der Waals surface area contributed by atoms with Gasteiger partial charge in [-0.25, -0.2) is 0 Å². The molecule has 3 rings (SSSR count). The van der Waals surface area contributed by atoms with Crippen molar-refractivity contribution in [3.63, 3.8) is 0 Å². The molecule has 0 bridgehead atoms. The van der Waals surface area contributed by atoms with E-state index < -0.39 is 0 Å². The summed E-state index contributed by atoms with van der Waals surface area (Å²) in [4.78, 5) is 1.01. The van der Waals surface area contributed by atoms with Gasteiger partial charge in [0, 0.05) is 17.0 Å². The lowest BCUT2D eigenvalue weighted by atomic mass is 10.2. The Morgan fingerprint density at radius 2 is 2.11 bits per heavy atom. The van der Waals surface area contributed by atoms with Crippen LogP contribution in [0.15, 0.2) is 34.7 Å². The SMILES string of the molecule is ClCCCc1nnc(-c2cc3ccccc3s2)o1. The van der Waals surface area contributed by atoms with Crippen molar-refractivity contribution in [3.05, 3.63) is 36.2 Å². The molecule has 0 aliphatic carbocycles. The molecule has 5 heteroatoms. The van der Waals surface area contributed by atoms with Crippen LogP contribution in [0, 0.1) is 0 Å². The van der Waals surface area contributed by atoms with E-state index in [0.29, 0.717) is 17.7 Å². The van der Waals surface area contributed by atoms with Crippen molar-refractivity contribution in [2.24, 2.45) is 0 Å². The third-order valence-corrected chi connectivity index (χ3v) is 4.00. The third kappa shape index (κ3) is 2.26. The Morgan fingerprint density at radius 1 is 1.22 bits per heavy atom. The maximum Gasteiger partial charge on any atom is 0.257 e. The molecule has 0 N–H and O–H groups in total. The van der Waals surface area contributed by atoms with E-state index in [4.69, 9.17) is 16.0 Å². The average Bonchev–Trinajstić information content (AvgIpc) is 3.02. The van der Waals surface area contributed by atoms with Gasteiger partial charge in [0.15, 0.2) is 0 Å². The molecule has 0 aliphatic heterocycles. The zero-order chi connectivity index (χ0) is 12.4. The molecule has 0 saturated carbocycles. The molecule has 0 unspecified atom stereocenters. The number of alkyl halides is 1. The van der Waals surface area contributed by atoms with E-state index in [9.17, 15) is 0 Å². The standard InChI is InChI=1S/C13H11ClN2OS/c14-7-3-6-12-15-16-13(17-12)11-8-9-4-1-2-5-10(9)18-11/h1-2,4-5,8H,3,6-7H2. The zero-order valence-electron chi connectivity index (χ0n) is 9.60.